The normalized spacial score (nSPS) is 11.0. The molecule has 0 radical (unpaired) electrons. The Morgan fingerprint density at radius 2 is 1.96 bits per heavy atom. The highest BCUT2D eigenvalue weighted by Crippen LogP contribution is 2.24. The van der Waals surface area contributed by atoms with Crippen molar-refractivity contribution in [3.8, 4) is 5.75 Å². The first-order valence-electron chi connectivity index (χ1n) is 7.66. The van der Waals surface area contributed by atoms with Gasteiger partial charge in [-0.25, -0.2) is 5.43 Å². The van der Waals surface area contributed by atoms with E-state index in [-0.39, 0.29) is 12.5 Å². The largest absolute Gasteiger partial charge is 0.483 e. The van der Waals surface area contributed by atoms with Crippen LogP contribution >= 0.6 is 0 Å². The number of carbonyl (C=O) groups is 1. The van der Waals surface area contributed by atoms with Crippen LogP contribution in [0.5, 0.6) is 5.75 Å². The van der Waals surface area contributed by atoms with E-state index in [0.717, 1.165) is 16.9 Å². The average Bonchev–Trinajstić information content (AvgIpc) is 2.55. The molecular formula is C19H22N2O2. The Kier molecular flexibility index (Phi) is 5.92. The molecule has 4 nitrogen and oxygen atoms in total. The smallest absolute Gasteiger partial charge is 0.277 e. The predicted molar refractivity (Wildman–Crippen MR) is 92.9 cm³/mol. The Hall–Kier alpha value is -2.62. The Bertz CT molecular complexity index is 679. The minimum absolute atomic E-state index is 0.0610. The van der Waals surface area contributed by atoms with Gasteiger partial charge in [0, 0.05) is 0 Å². The third kappa shape index (κ3) is 5.25. The van der Waals surface area contributed by atoms with Gasteiger partial charge in [-0.3, -0.25) is 4.79 Å². The van der Waals surface area contributed by atoms with Crippen molar-refractivity contribution in [3.05, 3.63) is 65.2 Å². The molecule has 1 N–H and O–H groups in total. The highest BCUT2D eigenvalue weighted by molar-refractivity contribution is 5.82. The zero-order valence-corrected chi connectivity index (χ0v) is 13.7. The molecule has 0 bridgehead atoms. The van der Waals surface area contributed by atoms with E-state index in [2.05, 4.69) is 30.4 Å². The van der Waals surface area contributed by atoms with Crippen LogP contribution in [0.3, 0.4) is 0 Å². The van der Waals surface area contributed by atoms with Gasteiger partial charge < -0.3 is 4.74 Å². The van der Waals surface area contributed by atoms with Gasteiger partial charge in [-0.1, -0.05) is 56.3 Å². The van der Waals surface area contributed by atoms with Crippen molar-refractivity contribution in [2.75, 3.05) is 6.61 Å². The molecule has 2 rings (SSSR count). The third-order valence-electron chi connectivity index (χ3n) is 3.44. The maximum atomic E-state index is 11.8. The van der Waals surface area contributed by atoms with Gasteiger partial charge in [-0.15, -0.1) is 0 Å². The van der Waals surface area contributed by atoms with Crippen LogP contribution in [-0.4, -0.2) is 18.7 Å². The summed E-state index contributed by atoms with van der Waals surface area (Å²) in [7, 11) is 0. The summed E-state index contributed by atoms with van der Waals surface area (Å²) >= 11 is 0. The molecule has 0 saturated heterocycles. The molecule has 2 aromatic rings. The Morgan fingerprint density at radius 3 is 2.65 bits per heavy atom. The molecule has 1 amide bonds. The van der Waals surface area contributed by atoms with Crippen LogP contribution in [0.15, 0.2) is 53.6 Å². The van der Waals surface area contributed by atoms with Gasteiger partial charge in [0.1, 0.15) is 5.75 Å². The zero-order valence-electron chi connectivity index (χ0n) is 13.7. The van der Waals surface area contributed by atoms with Gasteiger partial charge >= 0.3 is 0 Å². The molecule has 2 aromatic carbocycles. The lowest BCUT2D eigenvalue weighted by atomic mass is 10.0. The molecule has 23 heavy (non-hydrogen) atoms. The molecule has 4 heteroatoms. The van der Waals surface area contributed by atoms with Crippen LogP contribution in [0.2, 0.25) is 0 Å². The van der Waals surface area contributed by atoms with Crippen molar-refractivity contribution in [2.24, 2.45) is 5.10 Å². The molecule has 0 aliphatic rings. The number of amides is 1. The first kappa shape index (κ1) is 16.7. The fourth-order valence-electron chi connectivity index (χ4n) is 2.02. The summed E-state index contributed by atoms with van der Waals surface area (Å²) < 4.78 is 5.61. The summed E-state index contributed by atoms with van der Waals surface area (Å²) in [5, 5.41) is 3.92. The van der Waals surface area contributed by atoms with Crippen molar-refractivity contribution in [1.82, 2.24) is 5.43 Å². The number of aryl methyl sites for hydroxylation is 1. The van der Waals surface area contributed by atoms with E-state index in [4.69, 9.17) is 4.74 Å². The van der Waals surface area contributed by atoms with E-state index in [1.807, 2.05) is 49.4 Å². The number of nitrogens with zero attached hydrogens (tertiary/aromatic N) is 1. The first-order valence-corrected chi connectivity index (χ1v) is 7.66. The van der Waals surface area contributed by atoms with Gasteiger partial charge in [-0.05, 0) is 35.6 Å². The minimum atomic E-state index is -0.286. The molecule has 0 saturated carbocycles. The third-order valence-corrected chi connectivity index (χ3v) is 3.44. The monoisotopic (exact) mass is 310 g/mol. The molecular weight excluding hydrogens is 288 g/mol. The summed E-state index contributed by atoms with van der Waals surface area (Å²) in [5.41, 5.74) is 5.59. The Morgan fingerprint density at radius 1 is 1.22 bits per heavy atom. The number of rotatable bonds is 6. The van der Waals surface area contributed by atoms with Gasteiger partial charge in [0.05, 0.1) is 6.21 Å². The molecule has 0 atom stereocenters. The summed E-state index contributed by atoms with van der Waals surface area (Å²) in [4.78, 5) is 11.8. The first-order chi connectivity index (χ1) is 11.1. The lowest BCUT2D eigenvalue weighted by Gasteiger charge is -2.12. The van der Waals surface area contributed by atoms with Gasteiger partial charge in [0.2, 0.25) is 0 Å². The molecule has 0 fully saturated rings. The lowest BCUT2D eigenvalue weighted by molar-refractivity contribution is -0.123. The Labute approximate surface area is 137 Å². The van der Waals surface area contributed by atoms with E-state index in [1.54, 1.807) is 6.21 Å². The van der Waals surface area contributed by atoms with Crippen LogP contribution in [0, 0.1) is 6.92 Å². The molecule has 0 heterocycles. The van der Waals surface area contributed by atoms with Crippen molar-refractivity contribution in [2.45, 2.75) is 26.7 Å². The van der Waals surface area contributed by atoms with Crippen LogP contribution in [0.1, 0.15) is 36.5 Å². The second kappa shape index (κ2) is 8.13. The average molecular weight is 310 g/mol. The second-order valence-corrected chi connectivity index (χ2v) is 5.67. The van der Waals surface area contributed by atoms with E-state index < -0.39 is 0 Å². The van der Waals surface area contributed by atoms with Crippen molar-refractivity contribution in [1.29, 1.82) is 0 Å². The SMILES string of the molecule is Cc1ccc(C(C)C)cc1OCC(=O)NN=Cc1ccccc1. The summed E-state index contributed by atoms with van der Waals surface area (Å²) in [5.74, 6) is 0.868. The maximum absolute atomic E-state index is 11.8. The summed E-state index contributed by atoms with van der Waals surface area (Å²) in [6, 6.07) is 15.7. The summed E-state index contributed by atoms with van der Waals surface area (Å²) in [6.07, 6.45) is 1.60. The zero-order chi connectivity index (χ0) is 16.7. The topological polar surface area (TPSA) is 50.7 Å². The van der Waals surface area contributed by atoms with Crippen LogP contribution < -0.4 is 10.2 Å². The number of hydrogen-bond acceptors (Lipinski definition) is 3. The molecule has 0 aliphatic heterocycles. The highest BCUT2D eigenvalue weighted by atomic mass is 16.5. The molecule has 0 aromatic heterocycles. The summed E-state index contributed by atoms with van der Waals surface area (Å²) in [6.45, 7) is 6.15. The van der Waals surface area contributed by atoms with Crippen molar-refractivity contribution in [3.63, 3.8) is 0 Å². The number of hydrogen-bond donors (Lipinski definition) is 1. The van der Waals surface area contributed by atoms with E-state index in [9.17, 15) is 4.79 Å². The number of nitrogens with one attached hydrogen (secondary N) is 1. The second-order valence-electron chi connectivity index (χ2n) is 5.67. The minimum Gasteiger partial charge on any atom is -0.483 e. The number of hydrazone groups is 1. The van der Waals surface area contributed by atoms with Crippen molar-refractivity contribution >= 4 is 12.1 Å². The standard InChI is InChI=1S/C19H22N2O2/c1-14(2)17-10-9-15(3)18(11-17)23-13-19(22)21-20-12-16-7-5-4-6-8-16/h4-12,14H,13H2,1-3H3,(H,21,22). The maximum Gasteiger partial charge on any atom is 0.277 e. The predicted octanol–water partition coefficient (Wildman–Crippen LogP) is 3.65. The Balaban J connectivity index is 1.87. The fraction of sp³-hybridized carbons (Fsp3) is 0.263. The van der Waals surface area contributed by atoms with Crippen LogP contribution in [-0.2, 0) is 4.79 Å². The van der Waals surface area contributed by atoms with E-state index >= 15 is 0 Å². The number of carbonyl (C=O) groups excluding carboxylic acids is 1. The number of ether oxygens (including phenoxy) is 1. The number of benzene rings is 2. The van der Waals surface area contributed by atoms with Crippen LogP contribution in [0.25, 0.3) is 0 Å². The van der Waals surface area contributed by atoms with Crippen molar-refractivity contribution < 1.29 is 9.53 Å². The molecule has 0 unspecified atom stereocenters. The molecule has 0 aliphatic carbocycles. The van der Waals surface area contributed by atoms with E-state index in [0.29, 0.717) is 5.92 Å². The fourth-order valence-corrected chi connectivity index (χ4v) is 2.02. The van der Waals surface area contributed by atoms with Gasteiger partial charge in [-0.2, -0.15) is 5.10 Å². The quantitative estimate of drug-likeness (QED) is 0.654. The highest BCUT2D eigenvalue weighted by Gasteiger charge is 2.07. The van der Waals surface area contributed by atoms with Crippen LogP contribution in [0.4, 0.5) is 0 Å². The molecule has 0 spiro atoms. The van der Waals surface area contributed by atoms with Gasteiger partial charge in [0.25, 0.3) is 5.91 Å². The molecule has 120 valence electrons. The van der Waals surface area contributed by atoms with E-state index in [1.165, 1.54) is 5.56 Å². The lowest BCUT2D eigenvalue weighted by Crippen LogP contribution is -2.24. The van der Waals surface area contributed by atoms with Gasteiger partial charge in [0.15, 0.2) is 6.61 Å².